The molecule has 2 rings (SSSR count). The van der Waals surface area contributed by atoms with Gasteiger partial charge in [-0.05, 0) is 36.8 Å². The summed E-state index contributed by atoms with van der Waals surface area (Å²) in [6, 6.07) is -0.643. The maximum Gasteiger partial charge on any atom is 0.329 e. The van der Waals surface area contributed by atoms with Crippen LogP contribution >= 0.6 is 11.6 Å². The van der Waals surface area contributed by atoms with Gasteiger partial charge in [0.2, 0.25) is 11.1 Å². The van der Waals surface area contributed by atoms with Crippen molar-refractivity contribution < 1.29 is 14.5 Å². The van der Waals surface area contributed by atoms with Crippen molar-refractivity contribution in [2.75, 3.05) is 18.6 Å². The molecule has 1 aromatic rings. The van der Waals surface area contributed by atoms with Crippen LogP contribution in [0.4, 0.5) is 11.5 Å². The Morgan fingerprint density at radius 1 is 1.64 bits per heavy atom. The Bertz CT molecular complexity index is 579. The first kappa shape index (κ1) is 16.4. The van der Waals surface area contributed by atoms with Gasteiger partial charge in [-0.1, -0.05) is 6.92 Å². The summed E-state index contributed by atoms with van der Waals surface area (Å²) in [6.07, 6.45) is 3.56. The van der Waals surface area contributed by atoms with E-state index in [9.17, 15) is 14.9 Å². The molecule has 1 heterocycles. The molecule has 120 valence electrons. The van der Waals surface area contributed by atoms with Crippen molar-refractivity contribution in [2.45, 2.75) is 32.2 Å². The fourth-order valence-corrected chi connectivity index (χ4v) is 2.40. The van der Waals surface area contributed by atoms with Crippen molar-refractivity contribution >= 4 is 29.1 Å². The number of nitro groups is 1. The Labute approximate surface area is 132 Å². The molecule has 0 bridgehead atoms. The third-order valence-electron chi connectivity index (χ3n) is 3.58. The standard InChI is InChI=1S/C13H17ClN4O4/c1-3-9(12(19)22-2)17(7-8-4-5-8)11-10(18(20)21)6-15-13(14)16-11/h6,8-9H,3-5,7H2,1-2H3/t9-/m1/s1. The van der Waals surface area contributed by atoms with Crippen LogP contribution in [0.5, 0.6) is 0 Å². The van der Waals surface area contributed by atoms with Gasteiger partial charge >= 0.3 is 11.7 Å². The Balaban J connectivity index is 2.45. The van der Waals surface area contributed by atoms with Gasteiger partial charge in [-0.2, -0.15) is 4.98 Å². The number of carbonyl (C=O) groups is 1. The number of carbonyl (C=O) groups excluding carboxylic acids is 1. The Morgan fingerprint density at radius 2 is 2.32 bits per heavy atom. The zero-order valence-corrected chi connectivity index (χ0v) is 13.1. The molecule has 0 radical (unpaired) electrons. The second-order valence-electron chi connectivity index (χ2n) is 5.15. The largest absolute Gasteiger partial charge is 0.467 e. The number of hydrogen-bond donors (Lipinski definition) is 0. The molecule has 0 spiro atoms. The van der Waals surface area contributed by atoms with Crippen LogP contribution in [0.2, 0.25) is 5.28 Å². The van der Waals surface area contributed by atoms with Crippen molar-refractivity contribution in [1.82, 2.24) is 9.97 Å². The van der Waals surface area contributed by atoms with E-state index in [2.05, 4.69) is 9.97 Å². The summed E-state index contributed by atoms with van der Waals surface area (Å²) in [5, 5.41) is 11.1. The molecule has 0 aromatic carbocycles. The fraction of sp³-hybridized carbons (Fsp3) is 0.615. The molecule has 1 fully saturated rings. The molecule has 0 amide bonds. The summed E-state index contributed by atoms with van der Waals surface area (Å²) in [5.41, 5.74) is -0.271. The average Bonchev–Trinajstić information content (AvgIpc) is 3.30. The molecule has 1 atom stereocenters. The second-order valence-corrected chi connectivity index (χ2v) is 5.49. The SMILES string of the molecule is CC[C@H](C(=O)OC)N(CC1CC1)c1nc(Cl)ncc1[N+](=O)[O-]. The van der Waals surface area contributed by atoms with Gasteiger partial charge in [0, 0.05) is 6.54 Å². The minimum atomic E-state index is -0.643. The highest BCUT2D eigenvalue weighted by molar-refractivity contribution is 6.28. The maximum atomic E-state index is 12.0. The lowest BCUT2D eigenvalue weighted by atomic mass is 10.1. The van der Waals surface area contributed by atoms with Crippen molar-refractivity contribution in [2.24, 2.45) is 5.92 Å². The van der Waals surface area contributed by atoms with E-state index in [4.69, 9.17) is 16.3 Å². The van der Waals surface area contributed by atoms with Crippen LogP contribution in [0, 0.1) is 16.0 Å². The van der Waals surface area contributed by atoms with E-state index in [-0.39, 0.29) is 16.8 Å². The summed E-state index contributed by atoms with van der Waals surface area (Å²) in [4.78, 5) is 31.9. The number of hydrogen-bond acceptors (Lipinski definition) is 7. The molecular weight excluding hydrogens is 312 g/mol. The molecule has 9 heteroatoms. The first-order valence-electron chi connectivity index (χ1n) is 6.99. The highest BCUT2D eigenvalue weighted by atomic mass is 35.5. The van der Waals surface area contributed by atoms with E-state index in [1.807, 2.05) is 6.92 Å². The molecule has 22 heavy (non-hydrogen) atoms. The number of anilines is 1. The van der Waals surface area contributed by atoms with Crippen molar-refractivity contribution in [3.8, 4) is 0 Å². The van der Waals surface area contributed by atoms with Gasteiger partial charge in [-0.3, -0.25) is 10.1 Å². The topological polar surface area (TPSA) is 98.5 Å². The predicted octanol–water partition coefficient (Wildman–Crippen LogP) is 2.21. The van der Waals surface area contributed by atoms with E-state index < -0.39 is 16.9 Å². The molecule has 0 N–H and O–H groups in total. The van der Waals surface area contributed by atoms with Gasteiger partial charge in [-0.25, -0.2) is 9.78 Å². The van der Waals surface area contributed by atoms with Crippen LogP contribution in [0.1, 0.15) is 26.2 Å². The van der Waals surface area contributed by atoms with Crippen molar-refractivity contribution in [1.29, 1.82) is 0 Å². The van der Waals surface area contributed by atoms with Crippen LogP contribution in [0.3, 0.4) is 0 Å². The average molecular weight is 329 g/mol. The lowest BCUT2D eigenvalue weighted by Crippen LogP contribution is -2.43. The summed E-state index contributed by atoms with van der Waals surface area (Å²) >= 11 is 5.79. The minimum absolute atomic E-state index is 0.0640. The number of esters is 1. The van der Waals surface area contributed by atoms with E-state index >= 15 is 0 Å². The highest BCUT2D eigenvalue weighted by Crippen LogP contribution is 2.35. The van der Waals surface area contributed by atoms with Crippen molar-refractivity contribution in [3.05, 3.63) is 21.6 Å². The lowest BCUT2D eigenvalue weighted by molar-refractivity contribution is -0.384. The van der Waals surface area contributed by atoms with Gasteiger partial charge in [0.1, 0.15) is 12.2 Å². The quantitative estimate of drug-likeness (QED) is 0.327. The van der Waals surface area contributed by atoms with E-state index in [1.54, 1.807) is 4.90 Å². The smallest absolute Gasteiger partial charge is 0.329 e. The first-order valence-corrected chi connectivity index (χ1v) is 7.37. The fourth-order valence-electron chi connectivity index (χ4n) is 2.28. The molecule has 1 aromatic heterocycles. The third kappa shape index (κ3) is 3.62. The zero-order chi connectivity index (χ0) is 16.3. The van der Waals surface area contributed by atoms with Crippen LogP contribution < -0.4 is 4.90 Å². The van der Waals surface area contributed by atoms with Gasteiger partial charge in [0.05, 0.1) is 12.0 Å². The monoisotopic (exact) mass is 328 g/mol. The van der Waals surface area contributed by atoms with E-state index in [1.165, 1.54) is 7.11 Å². The summed E-state index contributed by atoms with van der Waals surface area (Å²) in [6.45, 7) is 2.32. The molecule has 8 nitrogen and oxygen atoms in total. The van der Waals surface area contributed by atoms with E-state index in [0.717, 1.165) is 19.0 Å². The molecule has 0 aliphatic heterocycles. The van der Waals surface area contributed by atoms with Gasteiger partial charge < -0.3 is 9.64 Å². The first-order chi connectivity index (χ1) is 10.5. The normalized spacial score (nSPS) is 15.2. The molecule has 0 unspecified atom stereocenters. The van der Waals surface area contributed by atoms with E-state index in [0.29, 0.717) is 18.9 Å². The number of halogens is 1. The molecule has 1 aliphatic carbocycles. The molecule has 1 saturated carbocycles. The highest BCUT2D eigenvalue weighted by Gasteiger charge is 2.36. The number of rotatable bonds is 7. The molecule has 0 saturated heterocycles. The number of methoxy groups -OCH3 is 1. The Kier molecular flexibility index (Phi) is 5.12. The number of ether oxygens (including phenoxy) is 1. The van der Waals surface area contributed by atoms with Crippen LogP contribution in [0.15, 0.2) is 6.20 Å². The Morgan fingerprint density at radius 3 is 2.82 bits per heavy atom. The summed E-state index contributed by atoms with van der Waals surface area (Å²) in [5.74, 6) is 0.00776. The Hall–Kier alpha value is -1.96. The number of aromatic nitrogens is 2. The summed E-state index contributed by atoms with van der Waals surface area (Å²) < 4.78 is 4.81. The predicted molar refractivity (Wildman–Crippen MR) is 79.9 cm³/mol. The maximum absolute atomic E-state index is 12.0. The number of nitrogens with zero attached hydrogens (tertiary/aromatic N) is 4. The van der Waals surface area contributed by atoms with Gasteiger partial charge in [0.15, 0.2) is 0 Å². The molecular formula is C13H17ClN4O4. The lowest BCUT2D eigenvalue weighted by Gasteiger charge is -2.29. The zero-order valence-electron chi connectivity index (χ0n) is 12.4. The summed E-state index contributed by atoms with van der Waals surface area (Å²) in [7, 11) is 1.29. The van der Waals surface area contributed by atoms with Crippen LogP contribution in [-0.4, -0.2) is 40.6 Å². The van der Waals surface area contributed by atoms with Crippen LogP contribution in [0.25, 0.3) is 0 Å². The van der Waals surface area contributed by atoms with Gasteiger partial charge in [0.25, 0.3) is 0 Å². The van der Waals surface area contributed by atoms with Crippen LogP contribution in [-0.2, 0) is 9.53 Å². The minimum Gasteiger partial charge on any atom is -0.467 e. The third-order valence-corrected chi connectivity index (χ3v) is 3.76. The second kappa shape index (κ2) is 6.87. The molecule has 1 aliphatic rings. The van der Waals surface area contributed by atoms with Gasteiger partial charge in [-0.15, -0.1) is 0 Å². The van der Waals surface area contributed by atoms with Crippen molar-refractivity contribution in [3.63, 3.8) is 0 Å².